The van der Waals surface area contributed by atoms with E-state index < -0.39 is 0 Å². The molecule has 1 aromatic heterocycles. The lowest BCUT2D eigenvalue weighted by Crippen LogP contribution is -2.35. The Labute approximate surface area is 238 Å². The van der Waals surface area contributed by atoms with Crippen molar-refractivity contribution in [3.63, 3.8) is 0 Å². The number of nitrogens with one attached hydrogen (secondary N) is 2. The normalized spacial score (nSPS) is 15.6. The molecule has 0 spiro atoms. The molecule has 1 amide bonds. The number of carbonyl (C=O) groups is 1. The quantitative estimate of drug-likeness (QED) is 0.254. The van der Waals surface area contributed by atoms with Crippen molar-refractivity contribution >= 4 is 40.9 Å². The van der Waals surface area contributed by atoms with Gasteiger partial charge in [0.05, 0.1) is 29.4 Å². The van der Waals surface area contributed by atoms with Crippen molar-refractivity contribution in [2.45, 2.75) is 25.4 Å². The molecule has 0 radical (unpaired) electrons. The molecule has 0 unspecified atom stereocenters. The lowest BCUT2D eigenvalue weighted by Gasteiger charge is -2.15. The van der Waals surface area contributed by atoms with Crippen molar-refractivity contribution in [2.75, 3.05) is 26.7 Å². The van der Waals surface area contributed by atoms with Gasteiger partial charge in [-0.05, 0) is 12.5 Å². The molecular formula is C29H32Cl2N6O2. The van der Waals surface area contributed by atoms with Crippen LogP contribution in [0.25, 0.3) is 28.0 Å². The number of hydrogen-bond acceptors (Lipinski definition) is 7. The van der Waals surface area contributed by atoms with Crippen LogP contribution in [0.3, 0.4) is 0 Å². The van der Waals surface area contributed by atoms with Crippen molar-refractivity contribution in [1.29, 1.82) is 0 Å². The van der Waals surface area contributed by atoms with Crippen LogP contribution >= 0.6 is 23.2 Å². The van der Waals surface area contributed by atoms with Gasteiger partial charge in [0.1, 0.15) is 0 Å². The predicted molar refractivity (Wildman–Crippen MR) is 159 cm³/mol. The molecule has 8 nitrogen and oxygen atoms in total. The molecule has 1 atom stereocenters. The number of pyridine rings is 1. The first-order chi connectivity index (χ1) is 19.0. The molecule has 3 aromatic rings. The number of amides is 1. The summed E-state index contributed by atoms with van der Waals surface area (Å²) in [4.78, 5) is 20.5. The molecule has 1 aliphatic rings. The molecular weight excluding hydrogens is 535 g/mol. The number of ether oxygens (including phenoxy) is 1. The van der Waals surface area contributed by atoms with Crippen LogP contribution in [0, 0.1) is 0 Å². The van der Waals surface area contributed by atoms with E-state index in [0.717, 1.165) is 34.2 Å². The Balaban J connectivity index is 1.60. The van der Waals surface area contributed by atoms with Crippen LogP contribution in [0.1, 0.15) is 24.0 Å². The topological polar surface area (TPSA) is 128 Å². The lowest BCUT2D eigenvalue weighted by atomic mass is 9.97. The third-order valence-electron chi connectivity index (χ3n) is 6.47. The summed E-state index contributed by atoms with van der Waals surface area (Å²) in [5.74, 6) is 0.608. The van der Waals surface area contributed by atoms with E-state index in [1.54, 1.807) is 13.3 Å². The fourth-order valence-electron chi connectivity index (χ4n) is 4.48. The van der Waals surface area contributed by atoms with Gasteiger partial charge in [0.15, 0.2) is 0 Å². The first kappa shape index (κ1) is 28.6. The monoisotopic (exact) mass is 566 g/mol. The van der Waals surface area contributed by atoms with E-state index in [0.29, 0.717) is 59.8 Å². The molecule has 0 bridgehead atoms. The summed E-state index contributed by atoms with van der Waals surface area (Å²) < 4.78 is 5.59. The number of hydrogen-bond donors (Lipinski definition) is 4. The van der Waals surface area contributed by atoms with Gasteiger partial charge in [0, 0.05) is 77.9 Å². The smallest absolute Gasteiger partial charge is 0.220 e. The van der Waals surface area contributed by atoms with Gasteiger partial charge >= 0.3 is 0 Å². The zero-order valence-electron chi connectivity index (χ0n) is 21.7. The van der Waals surface area contributed by atoms with Gasteiger partial charge in [0.25, 0.3) is 0 Å². The Bertz CT molecular complexity index is 1390. The number of benzene rings is 2. The molecule has 4 rings (SSSR count). The van der Waals surface area contributed by atoms with Gasteiger partial charge in [-0.1, -0.05) is 65.7 Å². The second kappa shape index (κ2) is 13.6. The minimum Gasteiger partial charge on any atom is -0.481 e. The third-order valence-corrected chi connectivity index (χ3v) is 7.28. The molecule has 0 aliphatic carbocycles. The Hall–Kier alpha value is -3.43. The van der Waals surface area contributed by atoms with E-state index in [1.807, 2.05) is 48.5 Å². The van der Waals surface area contributed by atoms with Crippen molar-refractivity contribution in [3.8, 4) is 28.3 Å². The Morgan fingerprint density at radius 1 is 1.15 bits per heavy atom. The fraction of sp³-hybridized carbons (Fsp3) is 0.276. The highest BCUT2D eigenvalue weighted by Gasteiger charge is 2.21. The number of rotatable bonds is 11. The van der Waals surface area contributed by atoms with Gasteiger partial charge in [-0.2, -0.15) is 0 Å². The molecule has 1 saturated heterocycles. The average Bonchev–Trinajstić information content (AvgIpc) is 3.37. The van der Waals surface area contributed by atoms with Crippen LogP contribution in [0.5, 0.6) is 5.88 Å². The van der Waals surface area contributed by atoms with Crippen LogP contribution in [-0.2, 0) is 11.3 Å². The van der Waals surface area contributed by atoms with Crippen LogP contribution < -0.4 is 26.8 Å². The van der Waals surface area contributed by atoms with Crippen molar-refractivity contribution in [2.24, 2.45) is 16.5 Å². The predicted octanol–water partition coefficient (Wildman–Crippen LogP) is 4.43. The molecule has 2 aromatic carbocycles. The number of nitrogens with two attached hydrogens (primary N) is 2. The van der Waals surface area contributed by atoms with Crippen LogP contribution in [0.4, 0.5) is 0 Å². The zero-order valence-corrected chi connectivity index (χ0v) is 23.2. The first-order valence-electron chi connectivity index (χ1n) is 12.7. The van der Waals surface area contributed by atoms with Crippen molar-refractivity contribution in [1.82, 2.24) is 15.6 Å². The van der Waals surface area contributed by atoms with E-state index in [2.05, 4.69) is 15.6 Å². The van der Waals surface area contributed by atoms with Crippen molar-refractivity contribution in [3.05, 3.63) is 75.9 Å². The Kier molecular flexibility index (Phi) is 9.95. The van der Waals surface area contributed by atoms with Gasteiger partial charge in [-0.25, -0.2) is 4.98 Å². The fourth-order valence-corrected chi connectivity index (χ4v) is 5.14. The van der Waals surface area contributed by atoms with Gasteiger partial charge in [-0.15, -0.1) is 0 Å². The molecule has 6 N–H and O–H groups in total. The van der Waals surface area contributed by atoms with Crippen LogP contribution in [0.2, 0.25) is 10.0 Å². The number of allylic oxidation sites excluding steroid dienone is 1. The number of aromatic nitrogens is 1. The highest BCUT2D eigenvalue weighted by molar-refractivity contribution is 6.39. The second-order valence-electron chi connectivity index (χ2n) is 9.08. The van der Waals surface area contributed by atoms with Gasteiger partial charge in [0.2, 0.25) is 11.8 Å². The zero-order chi connectivity index (χ0) is 27.8. The molecule has 1 fully saturated rings. The molecule has 2 heterocycles. The summed E-state index contributed by atoms with van der Waals surface area (Å²) in [6, 6.07) is 15.5. The standard InChI is InChI=1S/C29H32Cl2N6O2/c1-39-29-18(15-35-17-20-9-11-26(38)36-20)8-10-25(37-29)24-7-3-6-23(28(24)31)22-5-2-4-21(27(22)30)19(14-33)16-34-13-12-32/h2-8,10,14,16,20,35H,9,11-13,15,17,32-33H2,1H3,(H,36,38)/t20-/m0/s1. The lowest BCUT2D eigenvalue weighted by molar-refractivity contribution is -0.119. The van der Waals surface area contributed by atoms with Gasteiger partial charge < -0.3 is 26.8 Å². The van der Waals surface area contributed by atoms with Gasteiger partial charge in [-0.3, -0.25) is 9.79 Å². The average molecular weight is 568 g/mol. The highest BCUT2D eigenvalue weighted by Crippen LogP contribution is 2.41. The number of aliphatic imine (C=N–C) groups is 1. The van der Waals surface area contributed by atoms with Crippen LogP contribution in [-0.4, -0.2) is 49.9 Å². The summed E-state index contributed by atoms with van der Waals surface area (Å²) in [5, 5.41) is 7.37. The molecule has 39 heavy (non-hydrogen) atoms. The second-order valence-corrected chi connectivity index (χ2v) is 9.84. The Morgan fingerprint density at radius 2 is 1.90 bits per heavy atom. The van der Waals surface area contributed by atoms with Crippen LogP contribution in [0.15, 0.2) is 59.7 Å². The molecule has 1 aliphatic heterocycles. The maximum absolute atomic E-state index is 11.4. The van der Waals surface area contributed by atoms with E-state index in [4.69, 9.17) is 44.4 Å². The number of halogens is 2. The van der Waals surface area contributed by atoms with Crippen molar-refractivity contribution < 1.29 is 9.53 Å². The maximum atomic E-state index is 11.4. The number of carbonyl (C=O) groups excluding carboxylic acids is 1. The van der Waals surface area contributed by atoms with E-state index in [-0.39, 0.29) is 11.9 Å². The number of nitrogens with zero attached hydrogens (tertiary/aromatic N) is 2. The Morgan fingerprint density at radius 3 is 2.59 bits per heavy atom. The summed E-state index contributed by atoms with van der Waals surface area (Å²) in [6.45, 7) is 2.18. The van der Waals surface area contributed by atoms with E-state index in [9.17, 15) is 4.79 Å². The summed E-state index contributed by atoms with van der Waals surface area (Å²) in [5.41, 5.74) is 16.7. The van der Waals surface area contributed by atoms with E-state index >= 15 is 0 Å². The largest absolute Gasteiger partial charge is 0.481 e. The summed E-state index contributed by atoms with van der Waals surface area (Å²) in [6.07, 6.45) is 4.56. The molecule has 10 heteroatoms. The third kappa shape index (κ3) is 6.78. The minimum atomic E-state index is 0.102. The minimum absolute atomic E-state index is 0.102. The highest BCUT2D eigenvalue weighted by atomic mass is 35.5. The van der Waals surface area contributed by atoms with E-state index in [1.165, 1.54) is 6.20 Å². The molecule has 0 saturated carbocycles. The number of methoxy groups -OCH3 is 1. The SMILES string of the molecule is COc1nc(-c2cccc(-c3cccc(C(C=NCCN)=CN)c3Cl)c2Cl)ccc1CNC[C@@H]1CCC(=O)N1. The first-order valence-corrected chi connectivity index (χ1v) is 13.5. The maximum Gasteiger partial charge on any atom is 0.220 e. The molecule has 204 valence electrons. The summed E-state index contributed by atoms with van der Waals surface area (Å²) >= 11 is 13.8. The summed E-state index contributed by atoms with van der Waals surface area (Å²) in [7, 11) is 1.59.